The maximum absolute atomic E-state index is 13.4. The minimum atomic E-state index is -1.02. The van der Waals surface area contributed by atoms with Crippen molar-refractivity contribution >= 4 is 10.8 Å². The van der Waals surface area contributed by atoms with Gasteiger partial charge in [-0.2, -0.15) is 0 Å². The number of phenolic OH excluding ortho intramolecular Hbond substituents is 1. The summed E-state index contributed by atoms with van der Waals surface area (Å²) in [5.74, 6) is 0.109. The molecule has 0 radical (unpaired) electrons. The second-order valence-electron chi connectivity index (χ2n) is 4.26. The van der Waals surface area contributed by atoms with Crippen molar-refractivity contribution in [2.45, 2.75) is 41.0 Å². The molecule has 0 unspecified atom stereocenters. The van der Waals surface area contributed by atoms with Gasteiger partial charge in [-0.15, -0.1) is 6.42 Å². The van der Waals surface area contributed by atoms with Gasteiger partial charge in [0.2, 0.25) is 0 Å². The zero-order chi connectivity index (χ0) is 16.6. The summed E-state index contributed by atoms with van der Waals surface area (Å²) in [4.78, 5) is 0. The fraction of sp³-hybridized carbons (Fsp3) is 0.333. The first-order chi connectivity index (χ1) is 9.96. The molecule has 21 heavy (non-hydrogen) atoms. The number of aromatic hydroxyl groups is 1. The molecule has 0 aliphatic heterocycles. The van der Waals surface area contributed by atoms with Gasteiger partial charge in [-0.3, -0.25) is 0 Å². The highest BCUT2D eigenvalue weighted by molar-refractivity contribution is 5.92. The van der Waals surface area contributed by atoms with E-state index in [4.69, 9.17) is 6.42 Å². The number of aryl methyl sites for hydroxylation is 1. The number of hydrogen-bond donors (Lipinski definition) is 1. The van der Waals surface area contributed by atoms with Crippen molar-refractivity contribution in [1.29, 1.82) is 0 Å². The lowest BCUT2D eigenvalue weighted by atomic mass is 9.99. The lowest BCUT2D eigenvalue weighted by Crippen LogP contribution is -1.94. The van der Waals surface area contributed by atoms with E-state index in [-0.39, 0.29) is 11.3 Å². The van der Waals surface area contributed by atoms with Gasteiger partial charge in [-0.1, -0.05) is 40.0 Å². The van der Waals surface area contributed by atoms with E-state index in [1.165, 1.54) is 18.6 Å². The van der Waals surface area contributed by atoms with Crippen LogP contribution in [0.25, 0.3) is 10.8 Å². The Hall–Kier alpha value is -2.08. The normalized spacial score (nSPS) is 9.05. The summed E-state index contributed by atoms with van der Waals surface area (Å²) in [7, 11) is 0. The Morgan fingerprint density at radius 1 is 1.14 bits per heavy atom. The SMILES string of the molecule is C#Cc1c(F)c(F)cc2cc(O)cc(C)c12.CC.CCC. The Balaban J connectivity index is 0.000000713. The average Bonchev–Trinajstić information content (AvgIpc) is 2.44. The van der Waals surface area contributed by atoms with Crippen LogP contribution in [0.3, 0.4) is 0 Å². The maximum Gasteiger partial charge on any atom is 0.175 e. The third-order valence-corrected chi connectivity index (χ3v) is 2.46. The van der Waals surface area contributed by atoms with Gasteiger partial charge in [0.25, 0.3) is 0 Å². The second-order valence-corrected chi connectivity index (χ2v) is 4.26. The molecule has 0 saturated carbocycles. The predicted octanol–water partition coefficient (Wildman–Crippen LogP) is 5.56. The van der Waals surface area contributed by atoms with E-state index in [1.54, 1.807) is 6.92 Å². The van der Waals surface area contributed by atoms with Crippen LogP contribution in [0.15, 0.2) is 18.2 Å². The molecule has 1 N–H and O–H groups in total. The van der Waals surface area contributed by atoms with E-state index in [0.717, 1.165) is 6.07 Å². The van der Waals surface area contributed by atoms with Crippen LogP contribution >= 0.6 is 0 Å². The van der Waals surface area contributed by atoms with Crippen LogP contribution in [0.2, 0.25) is 0 Å². The van der Waals surface area contributed by atoms with Crippen LogP contribution in [0.4, 0.5) is 8.78 Å². The number of phenols is 1. The van der Waals surface area contributed by atoms with Crippen molar-refractivity contribution in [2.75, 3.05) is 0 Å². The van der Waals surface area contributed by atoms with Gasteiger partial charge in [0.15, 0.2) is 11.6 Å². The van der Waals surface area contributed by atoms with Crippen molar-refractivity contribution < 1.29 is 13.9 Å². The van der Waals surface area contributed by atoms with E-state index in [0.29, 0.717) is 16.3 Å². The van der Waals surface area contributed by atoms with Gasteiger partial charge in [0.1, 0.15) is 5.75 Å². The molecule has 0 fully saturated rings. The number of terminal acetylenes is 1. The third-order valence-electron chi connectivity index (χ3n) is 2.46. The van der Waals surface area contributed by atoms with Crippen molar-refractivity contribution in [3.8, 4) is 18.1 Å². The van der Waals surface area contributed by atoms with E-state index >= 15 is 0 Å². The largest absolute Gasteiger partial charge is 0.508 e. The molecule has 114 valence electrons. The molecule has 2 rings (SSSR count). The van der Waals surface area contributed by atoms with E-state index in [1.807, 2.05) is 13.8 Å². The Bertz CT molecular complexity index is 640. The Morgan fingerprint density at radius 3 is 2.14 bits per heavy atom. The van der Waals surface area contributed by atoms with Gasteiger partial charge in [-0.05, 0) is 36.1 Å². The molecule has 0 spiro atoms. The van der Waals surface area contributed by atoms with Crippen molar-refractivity contribution in [3.63, 3.8) is 0 Å². The van der Waals surface area contributed by atoms with Crippen molar-refractivity contribution in [2.24, 2.45) is 0 Å². The van der Waals surface area contributed by atoms with Crippen molar-refractivity contribution in [3.05, 3.63) is 41.0 Å². The van der Waals surface area contributed by atoms with Gasteiger partial charge in [0, 0.05) is 5.39 Å². The summed E-state index contributed by atoms with van der Waals surface area (Å²) >= 11 is 0. The summed E-state index contributed by atoms with van der Waals surface area (Å²) in [6.07, 6.45) is 6.42. The van der Waals surface area contributed by atoms with E-state index in [2.05, 4.69) is 19.8 Å². The quantitative estimate of drug-likeness (QED) is 0.631. The second kappa shape index (κ2) is 8.97. The van der Waals surface area contributed by atoms with Gasteiger partial charge >= 0.3 is 0 Å². The van der Waals surface area contributed by atoms with Crippen LogP contribution in [-0.2, 0) is 0 Å². The molecule has 0 heterocycles. The molecule has 1 nitrogen and oxygen atoms in total. The van der Waals surface area contributed by atoms with Crippen LogP contribution in [0, 0.1) is 30.9 Å². The van der Waals surface area contributed by atoms with Crippen LogP contribution in [0.1, 0.15) is 45.2 Å². The molecule has 0 aliphatic carbocycles. The summed E-state index contributed by atoms with van der Waals surface area (Å²) in [5.41, 5.74) is 0.509. The third kappa shape index (κ3) is 4.46. The average molecular weight is 292 g/mol. The number of rotatable bonds is 0. The first kappa shape index (κ1) is 18.9. The topological polar surface area (TPSA) is 20.2 Å². The van der Waals surface area contributed by atoms with Crippen LogP contribution in [0.5, 0.6) is 5.75 Å². The lowest BCUT2D eigenvalue weighted by molar-refractivity contribution is 0.475. The van der Waals surface area contributed by atoms with Gasteiger partial charge in [0.05, 0.1) is 5.56 Å². The number of hydrogen-bond acceptors (Lipinski definition) is 1. The number of fused-ring (bicyclic) bond motifs is 1. The molecule has 0 aromatic heterocycles. The molecule has 0 amide bonds. The Labute approximate surface area is 125 Å². The molecule has 0 saturated heterocycles. The zero-order valence-electron chi connectivity index (χ0n) is 13.2. The van der Waals surface area contributed by atoms with Crippen LogP contribution in [-0.4, -0.2) is 5.11 Å². The first-order valence-electron chi connectivity index (χ1n) is 7.04. The smallest absolute Gasteiger partial charge is 0.175 e. The fourth-order valence-electron chi connectivity index (χ4n) is 1.81. The summed E-state index contributed by atoms with van der Waals surface area (Å²) < 4.78 is 26.6. The zero-order valence-corrected chi connectivity index (χ0v) is 13.2. The van der Waals surface area contributed by atoms with E-state index in [9.17, 15) is 13.9 Å². The molecule has 2 aromatic carbocycles. The van der Waals surface area contributed by atoms with Gasteiger partial charge < -0.3 is 5.11 Å². The maximum atomic E-state index is 13.4. The standard InChI is InChI=1S/C13H8F2O.C3H8.C2H6/c1-3-10-12-7(2)4-9(16)5-8(12)6-11(14)13(10)15;1-3-2;1-2/h1,4-6,16H,2H3;3H2,1-2H3;1-2H3. The minimum Gasteiger partial charge on any atom is -0.508 e. The molecular weight excluding hydrogens is 270 g/mol. The van der Waals surface area contributed by atoms with E-state index < -0.39 is 11.6 Å². The highest BCUT2D eigenvalue weighted by Gasteiger charge is 2.14. The summed E-state index contributed by atoms with van der Waals surface area (Å²) in [5, 5.41) is 10.2. The summed E-state index contributed by atoms with van der Waals surface area (Å²) in [6.45, 7) is 9.93. The number of halogens is 2. The lowest BCUT2D eigenvalue weighted by Gasteiger charge is -2.07. The molecule has 2 aromatic rings. The number of benzene rings is 2. The summed E-state index contributed by atoms with van der Waals surface area (Å²) in [6, 6.07) is 3.84. The highest BCUT2D eigenvalue weighted by Crippen LogP contribution is 2.29. The highest BCUT2D eigenvalue weighted by atomic mass is 19.2. The van der Waals surface area contributed by atoms with Crippen molar-refractivity contribution in [1.82, 2.24) is 0 Å². The minimum absolute atomic E-state index is 0.000945. The first-order valence-corrected chi connectivity index (χ1v) is 7.04. The Morgan fingerprint density at radius 2 is 1.67 bits per heavy atom. The molecule has 0 bridgehead atoms. The molecule has 0 atom stereocenters. The molecule has 3 heteroatoms. The molecule has 0 aliphatic rings. The van der Waals surface area contributed by atoms with Crippen LogP contribution < -0.4 is 0 Å². The fourth-order valence-corrected chi connectivity index (χ4v) is 1.81. The molecular formula is C18H22F2O. The monoisotopic (exact) mass is 292 g/mol. The van der Waals surface area contributed by atoms with Gasteiger partial charge in [-0.25, -0.2) is 8.78 Å². The predicted molar refractivity (Wildman–Crippen MR) is 85.5 cm³/mol. The Kier molecular flexibility index (Phi) is 8.08.